The Kier molecular flexibility index (Phi) is 14.7. The molecule has 0 amide bonds. The molecule has 5 heteroatoms. The molecule has 0 aliphatic carbocycles. The van der Waals surface area contributed by atoms with Crippen molar-refractivity contribution in [3.63, 3.8) is 0 Å². The van der Waals surface area contributed by atoms with Gasteiger partial charge in [-0.25, -0.2) is 0 Å². The molecule has 6 rings (SSSR count). The number of methoxy groups -OCH3 is 2. The Morgan fingerprint density at radius 3 is 1.61 bits per heavy atom. The molecule has 0 atom stereocenters. The number of halogens is 2. The molecule has 0 spiro atoms. The number of rotatable bonds is 4. The molecule has 0 aliphatic heterocycles. The van der Waals surface area contributed by atoms with Crippen molar-refractivity contribution in [2.24, 2.45) is 0 Å². The third-order valence-corrected chi connectivity index (χ3v) is 9.37. The molecule has 268 valence electrons. The first-order chi connectivity index (χ1) is 22.4. The van der Waals surface area contributed by atoms with Crippen molar-refractivity contribution >= 4 is 21.5 Å². The number of fused-ring (bicyclic) bond motifs is 2. The predicted octanol–water partition coefficient (Wildman–Crippen LogP) is 6.98. The van der Waals surface area contributed by atoms with Crippen molar-refractivity contribution in [3.05, 3.63) is 119 Å². The minimum atomic E-state index is 0. The van der Waals surface area contributed by atoms with Gasteiger partial charge >= 0.3 is 26.2 Å². The average Bonchev–Trinajstić information content (AvgIpc) is 3.59. The van der Waals surface area contributed by atoms with Crippen LogP contribution in [0.1, 0.15) is 90.1 Å². The second kappa shape index (κ2) is 16.9. The fourth-order valence-electron chi connectivity index (χ4n) is 6.65. The summed E-state index contributed by atoms with van der Waals surface area (Å²) >= 11 is 0. The van der Waals surface area contributed by atoms with Gasteiger partial charge in [-0.1, -0.05) is 142 Å². The van der Waals surface area contributed by atoms with Gasteiger partial charge in [-0.2, -0.15) is 12.1 Å². The zero-order valence-corrected chi connectivity index (χ0v) is 36.7. The fourth-order valence-corrected chi connectivity index (χ4v) is 6.65. The first kappa shape index (κ1) is 44.3. The molecule has 0 fully saturated rings. The first-order valence-electron chi connectivity index (χ1n) is 17.2. The Morgan fingerprint density at radius 1 is 0.549 bits per heavy atom. The van der Waals surface area contributed by atoms with E-state index < -0.39 is 0 Å². The van der Waals surface area contributed by atoms with Crippen LogP contribution in [0.4, 0.5) is 0 Å². The number of aryl methyl sites for hydroxylation is 2. The zero-order valence-electron chi connectivity index (χ0n) is 32.7. The van der Waals surface area contributed by atoms with Gasteiger partial charge in [0.2, 0.25) is 0 Å². The van der Waals surface area contributed by atoms with Crippen LogP contribution in [-0.2, 0) is 42.4 Å². The van der Waals surface area contributed by atoms with Gasteiger partial charge in [-0.15, -0.1) is 50.9 Å². The summed E-state index contributed by atoms with van der Waals surface area (Å²) in [5, 5.41) is 5.03. The standard InChI is InChI=1S/C25H31O.C21H23O.2ClH.Zr/c1-16-11-21-20(9-10-23(26-8)22(21)12-16)17-13-18(24(2,3)4)15-19(14-17)25(5,6)7;1-14-11-16-13-18(21(2,3)4)20(22-5)19(17(16)12-14)15-9-7-6-8-10-15;;;/h9-15H,1-8H3;6-13H,1-5H3;2*1H;/q2*-1;;;+4/p-2. The molecule has 0 unspecified atom stereocenters. The number of hydrogen-bond acceptors (Lipinski definition) is 2. The molecular weight excluding hydrogens is 747 g/mol. The van der Waals surface area contributed by atoms with E-state index in [0.29, 0.717) is 0 Å². The molecule has 0 aromatic heterocycles. The summed E-state index contributed by atoms with van der Waals surface area (Å²) in [6.45, 7) is 24.7. The molecular formula is C46H54Cl2O2Zr. The largest absolute Gasteiger partial charge is 4.00 e. The smallest absolute Gasteiger partial charge is 1.00 e. The van der Waals surface area contributed by atoms with Crippen molar-refractivity contribution in [1.82, 2.24) is 0 Å². The first-order valence-corrected chi connectivity index (χ1v) is 17.2. The van der Waals surface area contributed by atoms with Crippen molar-refractivity contribution in [1.29, 1.82) is 0 Å². The van der Waals surface area contributed by atoms with Crippen LogP contribution < -0.4 is 34.3 Å². The van der Waals surface area contributed by atoms with E-state index in [2.05, 4.69) is 167 Å². The van der Waals surface area contributed by atoms with Gasteiger partial charge in [-0.3, -0.25) is 0 Å². The van der Waals surface area contributed by atoms with Crippen LogP contribution in [0.5, 0.6) is 11.5 Å². The van der Waals surface area contributed by atoms with Gasteiger partial charge < -0.3 is 34.3 Å². The van der Waals surface area contributed by atoms with Crippen LogP contribution in [0, 0.1) is 13.8 Å². The molecule has 0 bridgehead atoms. The Labute approximate surface area is 339 Å². The topological polar surface area (TPSA) is 18.5 Å². The average molecular weight is 801 g/mol. The predicted molar refractivity (Wildman–Crippen MR) is 209 cm³/mol. The second-order valence-electron chi connectivity index (χ2n) is 16.5. The molecule has 0 saturated heterocycles. The van der Waals surface area contributed by atoms with Gasteiger partial charge in [0.25, 0.3) is 0 Å². The van der Waals surface area contributed by atoms with Crippen LogP contribution in [0.2, 0.25) is 0 Å². The molecule has 0 radical (unpaired) electrons. The normalized spacial score (nSPS) is 11.5. The van der Waals surface area contributed by atoms with Gasteiger partial charge in [-0.05, 0) is 49.6 Å². The van der Waals surface area contributed by atoms with Gasteiger partial charge in [0, 0.05) is 5.75 Å². The summed E-state index contributed by atoms with van der Waals surface area (Å²) < 4.78 is 11.5. The van der Waals surface area contributed by atoms with Crippen LogP contribution in [0.3, 0.4) is 0 Å². The van der Waals surface area contributed by atoms with E-state index in [4.69, 9.17) is 9.47 Å². The Balaban J connectivity index is 0.000000338. The Bertz CT molecular complexity index is 2030. The van der Waals surface area contributed by atoms with Crippen LogP contribution >= 0.6 is 0 Å². The van der Waals surface area contributed by atoms with Crippen LogP contribution in [-0.4, -0.2) is 14.2 Å². The molecule has 51 heavy (non-hydrogen) atoms. The van der Waals surface area contributed by atoms with Gasteiger partial charge in [0.1, 0.15) is 5.75 Å². The molecule has 2 nitrogen and oxygen atoms in total. The van der Waals surface area contributed by atoms with E-state index in [0.717, 1.165) is 11.5 Å². The molecule has 6 aromatic carbocycles. The second-order valence-corrected chi connectivity index (χ2v) is 16.5. The summed E-state index contributed by atoms with van der Waals surface area (Å²) in [6, 6.07) is 33.2. The minimum absolute atomic E-state index is 0. The van der Waals surface area contributed by atoms with Crippen molar-refractivity contribution in [3.8, 4) is 33.8 Å². The summed E-state index contributed by atoms with van der Waals surface area (Å²) in [5.41, 5.74) is 11.8. The monoisotopic (exact) mass is 798 g/mol. The molecule has 0 heterocycles. The number of hydrogen-bond donors (Lipinski definition) is 0. The minimum Gasteiger partial charge on any atom is -1.00 e. The third kappa shape index (κ3) is 9.59. The van der Waals surface area contributed by atoms with E-state index in [-0.39, 0.29) is 67.3 Å². The number of ether oxygens (including phenoxy) is 2. The Hall–Kier alpha value is -2.84. The maximum absolute atomic E-state index is 5.87. The Morgan fingerprint density at radius 2 is 1.10 bits per heavy atom. The van der Waals surface area contributed by atoms with E-state index in [9.17, 15) is 0 Å². The summed E-state index contributed by atoms with van der Waals surface area (Å²) in [6.07, 6.45) is 0. The van der Waals surface area contributed by atoms with E-state index in [1.165, 1.54) is 71.6 Å². The molecule has 6 aromatic rings. The summed E-state index contributed by atoms with van der Waals surface area (Å²) in [4.78, 5) is 0. The molecule has 0 N–H and O–H groups in total. The van der Waals surface area contributed by atoms with Crippen LogP contribution in [0.15, 0.2) is 91.0 Å². The molecule has 0 saturated carbocycles. The van der Waals surface area contributed by atoms with Gasteiger partial charge in [0.05, 0.1) is 14.2 Å². The van der Waals surface area contributed by atoms with E-state index >= 15 is 0 Å². The SMILES string of the molecule is COc1c(C(C)(C)C)cc2[cH-]c(C)cc2c1-c1ccccc1.COc1ccc(-c2cc(C(C)(C)C)cc(C(C)(C)C)c2)c2cc(C)[cH-]c12.[Cl-].[Cl-].[Zr+4]. The van der Waals surface area contributed by atoms with Crippen molar-refractivity contribution in [2.75, 3.05) is 14.2 Å². The maximum atomic E-state index is 5.87. The summed E-state index contributed by atoms with van der Waals surface area (Å²) in [7, 11) is 3.52. The maximum Gasteiger partial charge on any atom is 4.00 e. The zero-order chi connectivity index (χ0) is 35.2. The quantitative estimate of drug-likeness (QED) is 0.179. The number of benzene rings is 4. The van der Waals surface area contributed by atoms with Crippen molar-refractivity contribution in [2.45, 2.75) is 92.4 Å². The van der Waals surface area contributed by atoms with Crippen LogP contribution in [0.25, 0.3) is 43.8 Å². The van der Waals surface area contributed by atoms with E-state index in [1.54, 1.807) is 14.2 Å². The van der Waals surface area contributed by atoms with E-state index in [1.807, 2.05) is 0 Å². The molecule has 0 aliphatic rings. The summed E-state index contributed by atoms with van der Waals surface area (Å²) in [5.74, 6) is 1.94. The van der Waals surface area contributed by atoms with Crippen molar-refractivity contribution < 1.29 is 60.5 Å². The third-order valence-electron chi connectivity index (χ3n) is 9.37. The fraction of sp³-hybridized carbons (Fsp3) is 0.348. The van der Waals surface area contributed by atoms with Gasteiger partial charge in [0.15, 0.2) is 0 Å².